The number of anilines is 1. The van der Waals surface area contributed by atoms with Crippen LogP contribution in [0.2, 0.25) is 0 Å². The topological polar surface area (TPSA) is 97.6 Å². The van der Waals surface area contributed by atoms with Crippen LogP contribution in [-0.4, -0.2) is 44.0 Å². The van der Waals surface area contributed by atoms with E-state index < -0.39 is 0 Å². The number of carbonyl (C=O) groups is 1. The standard InChI is InChI=1S/C12H15N7O/c20-11(16-12-14-4-1-5-15-12)10-8-19(18-17-10)9-2-6-13-7-3-9/h1,4-5,8-9,13H,2-3,6-7H2,(H,14,15,16,20). The Kier molecular flexibility index (Phi) is 3.64. The number of nitrogens with zero attached hydrogens (tertiary/aromatic N) is 5. The zero-order valence-corrected chi connectivity index (χ0v) is 10.9. The summed E-state index contributed by atoms with van der Waals surface area (Å²) in [6.07, 6.45) is 6.79. The molecule has 1 saturated heterocycles. The fraction of sp³-hybridized carbons (Fsp3) is 0.417. The average Bonchev–Trinajstić information content (AvgIpc) is 2.99. The lowest BCUT2D eigenvalue weighted by atomic mass is 10.1. The second-order valence-electron chi connectivity index (χ2n) is 4.59. The molecule has 2 aromatic heterocycles. The van der Waals surface area contributed by atoms with E-state index in [-0.39, 0.29) is 17.5 Å². The van der Waals surface area contributed by atoms with Gasteiger partial charge in [-0.15, -0.1) is 5.10 Å². The molecule has 0 unspecified atom stereocenters. The number of amides is 1. The number of hydrogen-bond acceptors (Lipinski definition) is 6. The Bertz CT molecular complexity index is 577. The highest BCUT2D eigenvalue weighted by atomic mass is 16.2. The molecule has 0 bridgehead atoms. The molecule has 0 radical (unpaired) electrons. The molecule has 1 amide bonds. The van der Waals surface area contributed by atoms with Gasteiger partial charge in [0.25, 0.3) is 5.91 Å². The molecule has 3 rings (SSSR count). The molecule has 104 valence electrons. The van der Waals surface area contributed by atoms with Crippen LogP contribution in [0.15, 0.2) is 24.7 Å². The van der Waals surface area contributed by atoms with E-state index in [4.69, 9.17) is 0 Å². The number of aromatic nitrogens is 5. The maximum Gasteiger partial charge on any atom is 0.280 e. The summed E-state index contributed by atoms with van der Waals surface area (Å²) < 4.78 is 1.77. The van der Waals surface area contributed by atoms with Crippen molar-refractivity contribution in [2.24, 2.45) is 0 Å². The van der Waals surface area contributed by atoms with Crippen LogP contribution in [0.3, 0.4) is 0 Å². The van der Waals surface area contributed by atoms with Crippen LogP contribution < -0.4 is 10.6 Å². The lowest BCUT2D eigenvalue weighted by Gasteiger charge is -2.21. The van der Waals surface area contributed by atoms with Gasteiger partial charge in [0.1, 0.15) is 0 Å². The maximum atomic E-state index is 12.0. The van der Waals surface area contributed by atoms with Crippen molar-refractivity contribution in [3.63, 3.8) is 0 Å². The van der Waals surface area contributed by atoms with E-state index in [1.807, 2.05) is 0 Å². The summed E-state index contributed by atoms with van der Waals surface area (Å²) in [5.41, 5.74) is 0.274. The Morgan fingerprint density at radius 3 is 2.80 bits per heavy atom. The van der Waals surface area contributed by atoms with Crippen LogP contribution in [0, 0.1) is 0 Å². The summed E-state index contributed by atoms with van der Waals surface area (Å²) in [4.78, 5) is 19.9. The van der Waals surface area contributed by atoms with Crippen molar-refractivity contribution in [3.05, 3.63) is 30.4 Å². The molecule has 2 N–H and O–H groups in total. The molecule has 0 atom stereocenters. The molecular weight excluding hydrogens is 258 g/mol. The third-order valence-electron chi connectivity index (χ3n) is 3.22. The van der Waals surface area contributed by atoms with E-state index in [0.717, 1.165) is 25.9 Å². The first-order chi connectivity index (χ1) is 9.83. The van der Waals surface area contributed by atoms with Crippen LogP contribution in [-0.2, 0) is 0 Å². The van der Waals surface area contributed by atoms with Crippen LogP contribution in [0.4, 0.5) is 5.95 Å². The molecule has 1 fully saturated rings. The number of rotatable bonds is 3. The number of hydrogen-bond donors (Lipinski definition) is 2. The van der Waals surface area contributed by atoms with E-state index in [1.165, 1.54) is 0 Å². The van der Waals surface area contributed by atoms with E-state index in [1.54, 1.807) is 29.3 Å². The van der Waals surface area contributed by atoms with Crippen molar-refractivity contribution in [2.75, 3.05) is 18.4 Å². The van der Waals surface area contributed by atoms with Crippen LogP contribution in [0.5, 0.6) is 0 Å². The Balaban J connectivity index is 1.68. The van der Waals surface area contributed by atoms with Gasteiger partial charge in [-0.3, -0.25) is 10.1 Å². The van der Waals surface area contributed by atoms with E-state index in [0.29, 0.717) is 6.04 Å². The van der Waals surface area contributed by atoms with Gasteiger partial charge in [-0.25, -0.2) is 14.6 Å². The number of nitrogens with one attached hydrogen (secondary N) is 2. The van der Waals surface area contributed by atoms with E-state index in [9.17, 15) is 4.79 Å². The normalized spacial score (nSPS) is 16.0. The highest BCUT2D eigenvalue weighted by Crippen LogP contribution is 2.17. The maximum absolute atomic E-state index is 12.0. The molecule has 1 aliphatic heterocycles. The summed E-state index contributed by atoms with van der Waals surface area (Å²) in [5.74, 6) is -0.0923. The molecule has 1 aliphatic rings. The first kappa shape index (κ1) is 12.7. The molecule has 3 heterocycles. The highest BCUT2D eigenvalue weighted by Gasteiger charge is 2.19. The van der Waals surface area contributed by atoms with Crippen molar-refractivity contribution in [1.29, 1.82) is 0 Å². The molecule has 8 nitrogen and oxygen atoms in total. The Morgan fingerprint density at radius 2 is 2.05 bits per heavy atom. The van der Waals surface area contributed by atoms with Crippen LogP contribution >= 0.6 is 0 Å². The SMILES string of the molecule is O=C(Nc1ncccn1)c1cn(C2CCNCC2)nn1. The smallest absolute Gasteiger partial charge is 0.280 e. The molecule has 0 spiro atoms. The van der Waals surface area contributed by atoms with Gasteiger partial charge >= 0.3 is 0 Å². The van der Waals surface area contributed by atoms with E-state index in [2.05, 4.69) is 30.9 Å². The van der Waals surface area contributed by atoms with Crippen LogP contribution in [0.25, 0.3) is 0 Å². The molecule has 8 heteroatoms. The summed E-state index contributed by atoms with van der Waals surface area (Å²) in [6, 6.07) is 1.99. The summed E-state index contributed by atoms with van der Waals surface area (Å²) in [7, 11) is 0. The quantitative estimate of drug-likeness (QED) is 0.831. The lowest BCUT2D eigenvalue weighted by molar-refractivity contribution is 0.102. The second kappa shape index (κ2) is 5.74. The van der Waals surface area contributed by atoms with Gasteiger partial charge in [-0.1, -0.05) is 5.21 Å². The molecule has 2 aromatic rings. The van der Waals surface area contributed by atoms with Gasteiger partial charge in [0, 0.05) is 12.4 Å². The van der Waals surface area contributed by atoms with Crippen molar-refractivity contribution in [3.8, 4) is 0 Å². The largest absolute Gasteiger partial charge is 0.317 e. The fourth-order valence-corrected chi connectivity index (χ4v) is 2.16. The third kappa shape index (κ3) is 2.80. The molecule has 0 saturated carbocycles. The molecular formula is C12H15N7O. The second-order valence-corrected chi connectivity index (χ2v) is 4.59. The van der Waals surface area contributed by atoms with Crippen LogP contribution in [0.1, 0.15) is 29.4 Å². The Labute approximate surface area is 115 Å². The first-order valence-electron chi connectivity index (χ1n) is 6.54. The predicted molar refractivity (Wildman–Crippen MR) is 71.1 cm³/mol. The molecule has 0 aromatic carbocycles. The first-order valence-corrected chi connectivity index (χ1v) is 6.54. The molecule has 20 heavy (non-hydrogen) atoms. The monoisotopic (exact) mass is 273 g/mol. The third-order valence-corrected chi connectivity index (χ3v) is 3.22. The van der Waals surface area contributed by atoms with Crippen molar-refractivity contribution < 1.29 is 4.79 Å². The summed E-state index contributed by atoms with van der Waals surface area (Å²) in [6.45, 7) is 1.92. The Hall–Kier alpha value is -2.35. The average molecular weight is 273 g/mol. The van der Waals surface area contributed by atoms with Crippen molar-refractivity contribution in [1.82, 2.24) is 30.3 Å². The highest BCUT2D eigenvalue weighted by molar-refractivity contribution is 6.01. The van der Waals surface area contributed by atoms with E-state index >= 15 is 0 Å². The van der Waals surface area contributed by atoms with Crippen molar-refractivity contribution in [2.45, 2.75) is 18.9 Å². The number of carbonyl (C=O) groups excluding carboxylic acids is 1. The van der Waals surface area contributed by atoms with Gasteiger partial charge in [-0.05, 0) is 32.0 Å². The molecule has 0 aliphatic carbocycles. The Morgan fingerprint density at radius 1 is 1.30 bits per heavy atom. The lowest BCUT2D eigenvalue weighted by Crippen LogP contribution is -2.29. The minimum absolute atomic E-state index is 0.258. The van der Waals surface area contributed by atoms with Gasteiger partial charge in [0.05, 0.1) is 12.2 Å². The predicted octanol–water partition coefficient (Wildman–Crippen LogP) is 0.245. The minimum Gasteiger partial charge on any atom is -0.317 e. The zero-order chi connectivity index (χ0) is 13.8. The fourth-order valence-electron chi connectivity index (χ4n) is 2.16. The van der Waals surface area contributed by atoms with Gasteiger partial charge in [0.2, 0.25) is 5.95 Å². The minimum atomic E-state index is -0.351. The van der Waals surface area contributed by atoms with Gasteiger partial charge in [0.15, 0.2) is 5.69 Å². The summed E-state index contributed by atoms with van der Waals surface area (Å²) in [5, 5.41) is 13.8. The van der Waals surface area contributed by atoms with Gasteiger partial charge in [-0.2, -0.15) is 0 Å². The number of piperidine rings is 1. The van der Waals surface area contributed by atoms with Crippen molar-refractivity contribution >= 4 is 11.9 Å². The summed E-state index contributed by atoms with van der Waals surface area (Å²) >= 11 is 0. The zero-order valence-electron chi connectivity index (χ0n) is 10.9. The van der Waals surface area contributed by atoms with Gasteiger partial charge < -0.3 is 5.32 Å².